The van der Waals surface area contributed by atoms with E-state index in [-0.39, 0.29) is 0 Å². The van der Waals surface area contributed by atoms with Gasteiger partial charge in [-0.1, -0.05) is 18.2 Å². The SMILES string of the molecule is Cn1nnc(CNCCOc2ccccc2)n1. The Morgan fingerprint density at radius 1 is 1.29 bits per heavy atom. The summed E-state index contributed by atoms with van der Waals surface area (Å²) in [6, 6.07) is 9.73. The third-order valence-electron chi connectivity index (χ3n) is 2.12. The summed E-state index contributed by atoms with van der Waals surface area (Å²) < 4.78 is 5.52. The Kier molecular flexibility index (Phi) is 4.04. The van der Waals surface area contributed by atoms with Crippen molar-refractivity contribution in [2.24, 2.45) is 7.05 Å². The van der Waals surface area contributed by atoms with Crippen LogP contribution in [0.4, 0.5) is 0 Å². The molecule has 90 valence electrons. The molecule has 0 saturated heterocycles. The largest absolute Gasteiger partial charge is 0.492 e. The number of aryl methyl sites for hydroxylation is 1. The van der Waals surface area contributed by atoms with E-state index >= 15 is 0 Å². The van der Waals surface area contributed by atoms with Gasteiger partial charge in [-0.2, -0.15) is 4.80 Å². The van der Waals surface area contributed by atoms with Gasteiger partial charge in [-0.15, -0.1) is 10.2 Å². The van der Waals surface area contributed by atoms with Gasteiger partial charge >= 0.3 is 0 Å². The highest BCUT2D eigenvalue weighted by molar-refractivity contribution is 5.20. The van der Waals surface area contributed by atoms with Gasteiger partial charge in [0.1, 0.15) is 12.4 Å². The molecule has 6 nitrogen and oxygen atoms in total. The molecule has 0 unspecified atom stereocenters. The maximum absolute atomic E-state index is 5.52. The first-order valence-electron chi connectivity index (χ1n) is 5.46. The Balaban J connectivity index is 1.61. The second-order valence-electron chi connectivity index (χ2n) is 3.53. The number of nitrogens with zero attached hydrogens (tertiary/aromatic N) is 4. The number of aromatic nitrogens is 4. The lowest BCUT2D eigenvalue weighted by Crippen LogP contribution is -2.21. The average Bonchev–Trinajstić information content (AvgIpc) is 2.76. The topological polar surface area (TPSA) is 64.9 Å². The molecule has 1 N–H and O–H groups in total. The van der Waals surface area contributed by atoms with Crippen LogP contribution < -0.4 is 10.1 Å². The molecule has 0 atom stereocenters. The van der Waals surface area contributed by atoms with Crippen LogP contribution >= 0.6 is 0 Å². The standard InChI is InChI=1S/C11H15N5O/c1-16-14-11(13-15-16)9-12-7-8-17-10-5-3-2-4-6-10/h2-6,12H,7-9H2,1H3. The number of ether oxygens (including phenoxy) is 1. The maximum Gasteiger partial charge on any atom is 0.188 e. The summed E-state index contributed by atoms with van der Waals surface area (Å²) in [6.45, 7) is 1.96. The maximum atomic E-state index is 5.52. The molecule has 1 aromatic heterocycles. The van der Waals surface area contributed by atoms with Crippen LogP contribution in [0.2, 0.25) is 0 Å². The minimum absolute atomic E-state index is 0.603. The van der Waals surface area contributed by atoms with E-state index in [0.717, 1.165) is 12.3 Å². The van der Waals surface area contributed by atoms with E-state index in [1.54, 1.807) is 7.05 Å². The molecule has 2 aromatic rings. The van der Waals surface area contributed by atoms with Gasteiger partial charge in [0.2, 0.25) is 0 Å². The number of hydrogen-bond acceptors (Lipinski definition) is 5. The van der Waals surface area contributed by atoms with Gasteiger partial charge in [0.05, 0.1) is 13.6 Å². The first-order chi connectivity index (χ1) is 8.34. The van der Waals surface area contributed by atoms with E-state index in [1.807, 2.05) is 30.3 Å². The van der Waals surface area contributed by atoms with Crippen LogP contribution in [0.1, 0.15) is 5.82 Å². The summed E-state index contributed by atoms with van der Waals surface area (Å²) in [4.78, 5) is 1.44. The molecular formula is C11H15N5O. The Labute approximate surface area is 99.6 Å². The predicted octanol–water partition coefficient (Wildman–Crippen LogP) is 0.379. The third kappa shape index (κ3) is 3.84. The molecular weight excluding hydrogens is 218 g/mol. The van der Waals surface area contributed by atoms with E-state index in [9.17, 15) is 0 Å². The fourth-order valence-electron chi connectivity index (χ4n) is 1.35. The van der Waals surface area contributed by atoms with Crippen molar-refractivity contribution in [3.05, 3.63) is 36.2 Å². The number of hydrogen-bond donors (Lipinski definition) is 1. The first kappa shape index (κ1) is 11.5. The number of tetrazole rings is 1. The second-order valence-corrected chi connectivity index (χ2v) is 3.53. The molecule has 1 heterocycles. The lowest BCUT2D eigenvalue weighted by atomic mass is 10.3. The monoisotopic (exact) mass is 233 g/mol. The van der Waals surface area contributed by atoms with Crippen LogP contribution in [-0.2, 0) is 13.6 Å². The average molecular weight is 233 g/mol. The van der Waals surface area contributed by atoms with E-state index in [1.165, 1.54) is 4.80 Å². The molecule has 0 amide bonds. The van der Waals surface area contributed by atoms with Crippen molar-refractivity contribution in [3.63, 3.8) is 0 Å². The molecule has 0 aliphatic rings. The lowest BCUT2D eigenvalue weighted by Gasteiger charge is -2.05. The zero-order chi connectivity index (χ0) is 11.9. The van der Waals surface area contributed by atoms with Crippen molar-refractivity contribution >= 4 is 0 Å². The van der Waals surface area contributed by atoms with E-state index in [4.69, 9.17) is 4.74 Å². The smallest absolute Gasteiger partial charge is 0.188 e. The number of nitrogens with one attached hydrogen (secondary N) is 1. The van der Waals surface area contributed by atoms with Crippen LogP contribution in [0, 0.1) is 0 Å². The second kappa shape index (κ2) is 5.95. The summed E-state index contributed by atoms with van der Waals surface area (Å²) in [5.74, 6) is 1.57. The first-order valence-corrected chi connectivity index (χ1v) is 5.46. The molecule has 0 radical (unpaired) electrons. The quantitative estimate of drug-likeness (QED) is 0.731. The minimum atomic E-state index is 0.603. The zero-order valence-corrected chi connectivity index (χ0v) is 9.71. The van der Waals surface area contributed by atoms with Crippen LogP contribution in [-0.4, -0.2) is 33.4 Å². The fraction of sp³-hybridized carbons (Fsp3) is 0.364. The van der Waals surface area contributed by atoms with Gasteiger partial charge in [-0.05, 0) is 17.3 Å². The molecule has 1 aromatic carbocycles. The Bertz CT molecular complexity index is 442. The van der Waals surface area contributed by atoms with Crippen molar-refractivity contribution in [3.8, 4) is 5.75 Å². The zero-order valence-electron chi connectivity index (χ0n) is 9.71. The van der Waals surface area contributed by atoms with Gasteiger partial charge in [0.25, 0.3) is 0 Å². The summed E-state index contributed by atoms with van der Waals surface area (Å²) in [5, 5.41) is 14.9. The van der Waals surface area contributed by atoms with Gasteiger partial charge in [0.15, 0.2) is 5.82 Å². The number of benzene rings is 1. The number of rotatable bonds is 6. The van der Waals surface area contributed by atoms with Gasteiger partial charge in [-0.25, -0.2) is 0 Å². The Morgan fingerprint density at radius 2 is 2.12 bits per heavy atom. The predicted molar refractivity (Wildman–Crippen MR) is 62.4 cm³/mol. The minimum Gasteiger partial charge on any atom is -0.492 e. The molecule has 0 bridgehead atoms. The van der Waals surface area contributed by atoms with E-state index < -0.39 is 0 Å². The van der Waals surface area contributed by atoms with Crippen molar-refractivity contribution in [1.29, 1.82) is 0 Å². The summed E-state index contributed by atoms with van der Waals surface area (Å²) in [6.07, 6.45) is 0. The van der Waals surface area contributed by atoms with Gasteiger partial charge in [0, 0.05) is 6.54 Å². The van der Waals surface area contributed by atoms with Crippen molar-refractivity contribution in [1.82, 2.24) is 25.5 Å². The fourth-order valence-corrected chi connectivity index (χ4v) is 1.35. The van der Waals surface area contributed by atoms with Crippen LogP contribution in [0.25, 0.3) is 0 Å². The molecule has 0 saturated carbocycles. The normalized spacial score (nSPS) is 10.4. The van der Waals surface area contributed by atoms with Crippen molar-refractivity contribution < 1.29 is 4.74 Å². The summed E-state index contributed by atoms with van der Waals surface area (Å²) in [5.41, 5.74) is 0. The molecule has 17 heavy (non-hydrogen) atoms. The molecule has 0 spiro atoms. The molecule has 6 heteroatoms. The van der Waals surface area contributed by atoms with Crippen LogP contribution in [0.15, 0.2) is 30.3 Å². The van der Waals surface area contributed by atoms with Crippen LogP contribution in [0.3, 0.4) is 0 Å². The van der Waals surface area contributed by atoms with Crippen LogP contribution in [0.5, 0.6) is 5.75 Å². The molecule has 0 aliphatic carbocycles. The highest BCUT2D eigenvalue weighted by Crippen LogP contribution is 2.07. The van der Waals surface area contributed by atoms with Crippen molar-refractivity contribution in [2.45, 2.75) is 6.54 Å². The Morgan fingerprint density at radius 3 is 2.82 bits per heavy atom. The van der Waals surface area contributed by atoms with Gasteiger partial charge in [-0.3, -0.25) is 0 Å². The highest BCUT2D eigenvalue weighted by Gasteiger charge is 1.98. The number of para-hydroxylation sites is 1. The summed E-state index contributed by atoms with van der Waals surface area (Å²) in [7, 11) is 1.75. The summed E-state index contributed by atoms with van der Waals surface area (Å²) >= 11 is 0. The molecule has 0 fully saturated rings. The Hall–Kier alpha value is -1.95. The van der Waals surface area contributed by atoms with Gasteiger partial charge < -0.3 is 10.1 Å². The molecule has 0 aliphatic heterocycles. The third-order valence-corrected chi connectivity index (χ3v) is 2.12. The highest BCUT2D eigenvalue weighted by atomic mass is 16.5. The van der Waals surface area contributed by atoms with Crippen molar-refractivity contribution in [2.75, 3.05) is 13.2 Å². The van der Waals surface area contributed by atoms with E-state index in [2.05, 4.69) is 20.7 Å². The molecule has 2 rings (SSSR count). The van der Waals surface area contributed by atoms with E-state index in [0.29, 0.717) is 19.0 Å². The lowest BCUT2D eigenvalue weighted by molar-refractivity contribution is 0.313.